The highest BCUT2D eigenvalue weighted by atomic mass is 19.1. The largest absolute Gasteiger partial charge is 0.497 e. The fraction of sp³-hybridized carbons (Fsp3) is 0.500. The molecule has 3 heterocycles. The van der Waals surface area contributed by atoms with Gasteiger partial charge in [0.1, 0.15) is 44.1 Å². The highest BCUT2D eigenvalue weighted by Crippen LogP contribution is 2.33. The molecule has 37 heavy (non-hydrogen) atoms. The van der Waals surface area contributed by atoms with Crippen LogP contribution in [0, 0.1) is 5.82 Å². The summed E-state index contributed by atoms with van der Waals surface area (Å²) in [5.41, 5.74) is 0.325. The quantitative estimate of drug-likeness (QED) is 0.378. The number of nitrogens with zero attached hydrogens (tertiary/aromatic N) is 6. The summed E-state index contributed by atoms with van der Waals surface area (Å²) in [7, 11) is 5.80. The summed E-state index contributed by atoms with van der Waals surface area (Å²) in [5, 5.41) is 4.66. The average molecular weight is 509 g/mol. The smallest absolute Gasteiger partial charge is 0.368 e. The summed E-state index contributed by atoms with van der Waals surface area (Å²) < 4.78 is 24.7. The number of quaternary nitrogens is 1. The van der Waals surface area contributed by atoms with Gasteiger partial charge in [0, 0.05) is 18.1 Å². The Morgan fingerprint density at radius 2 is 1.92 bits per heavy atom. The van der Waals surface area contributed by atoms with E-state index >= 15 is 0 Å². The lowest BCUT2D eigenvalue weighted by Crippen LogP contribution is -2.62. The van der Waals surface area contributed by atoms with Gasteiger partial charge in [0.2, 0.25) is 5.91 Å². The van der Waals surface area contributed by atoms with Crippen molar-refractivity contribution in [1.82, 2.24) is 24.1 Å². The topological polar surface area (TPSA) is 64.1 Å². The van der Waals surface area contributed by atoms with Gasteiger partial charge in [-0.2, -0.15) is 9.67 Å². The van der Waals surface area contributed by atoms with Crippen LogP contribution >= 0.6 is 0 Å². The number of ether oxygens (including phenoxy) is 1. The minimum Gasteiger partial charge on any atom is -0.497 e. The Balaban J connectivity index is 1.35. The molecule has 0 spiro atoms. The SMILES string of the molecule is COc1ccc(-c2nc(C3CCCCC3)n(CC(=O)N3CC[N+](C)(c4cccc[n+]4C)CC3)n2)c(F)c1. The Morgan fingerprint density at radius 1 is 1.16 bits per heavy atom. The van der Waals surface area contributed by atoms with Crippen molar-refractivity contribution < 1.29 is 18.5 Å². The standard InChI is InChI=1S/C28H37FN6O2/c1-32-14-8-7-11-25(32)35(2)17-15-33(16-18-35)26(36)20-34-28(21-9-5-4-6-10-21)30-27(31-34)23-13-12-22(37-3)19-24(23)29/h7-8,11-14,19,21H,4-6,9-10,15-18,20H2,1-3H3/q+2. The number of aromatic nitrogens is 4. The molecular formula is C28H37FN6O2+2. The van der Waals surface area contributed by atoms with Crippen LogP contribution in [-0.4, -0.2) is 65.9 Å². The zero-order valence-electron chi connectivity index (χ0n) is 22.1. The van der Waals surface area contributed by atoms with Gasteiger partial charge < -0.3 is 9.64 Å². The van der Waals surface area contributed by atoms with E-state index in [4.69, 9.17) is 9.72 Å². The van der Waals surface area contributed by atoms with Crippen LogP contribution in [0.25, 0.3) is 11.4 Å². The van der Waals surface area contributed by atoms with Crippen molar-refractivity contribution in [3.63, 3.8) is 0 Å². The summed E-state index contributed by atoms with van der Waals surface area (Å²) in [6.07, 6.45) is 7.59. The number of piperazine rings is 1. The summed E-state index contributed by atoms with van der Waals surface area (Å²) in [6, 6.07) is 11.0. The van der Waals surface area contributed by atoms with E-state index < -0.39 is 5.82 Å². The summed E-state index contributed by atoms with van der Waals surface area (Å²) in [6.45, 7) is 3.17. The van der Waals surface area contributed by atoms with Gasteiger partial charge in [-0.3, -0.25) is 4.79 Å². The van der Waals surface area contributed by atoms with Crippen molar-refractivity contribution in [2.75, 3.05) is 40.3 Å². The number of carbonyl (C=O) groups is 1. The van der Waals surface area contributed by atoms with Crippen molar-refractivity contribution in [2.24, 2.45) is 7.05 Å². The predicted octanol–water partition coefficient (Wildman–Crippen LogP) is 3.44. The van der Waals surface area contributed by atoms with Crippen LogP contribution in [0.5, 0.6) is 5.75 Å². The molecule has 1 saturated carbocycles. The van der Waals surface area contributed by atoms with Crippen LogP contribution in [0.4, 0.5) is 10.2 Å². The molecule has 1 aliphatic carbocycles. The molecule has 0 atom stereocenters. The Hall–Kier alpha value is -3.33. The first-order valence-corrected chi connectivity index (χ1v) is 13.2. The molecule has 2 aromatic heterocycles. The van der Waals surface area contributed by atoms with Gasteiger partial charge >= 0.3 is 5.82 Å². The molecule has 3 aromatic rings. The molecule has 0 N–H and O–H groups in total. The molecule has 0 bridgehead atoms. The van der Waals surface area contributed by atoms with Crippen LogP contribution in [0.15, 0.2) is 42.6 Å². The maximum Gasteiger partial charge on any atom is 0.368 e. The molecule has 9 heteroatoms. The van der Waals surface area contributed by atoms with Gasteiger partial charge in [-0.15, -0.1) is 0 Å². The van der Waals surface area contributed by atoms with E-state index in [0.717, 1.165) is 49.1 Å². The van der Waals surface area contributed by atoms with E-state index in [-0.39, 0.29) is 18.4 Å². The minimum atomic E-state index is -0.430. The fourth-order valence-electron chi connectivity index (χ4n) is 5.74. The second-order valence-corrected chi connectivity index (χ2v) is 10.5. The molecule has 1 amide bonds. The van der Waals surface area contributed by atoms with Crippen molar-refractivity contribution in [3.05, 3.63) is 54.2 Å². The van der Waals surface area contributed by atoms with E-state index in [9.17, 15) is 9.18 Å². The van der Waals surface area contributed by atoms with E-state index in [1.54, 1.807) is 16.8 Å². The number of rotatable bonds is 6. The molecule has 5 rings (SSSR count). The molecule has 8 nitrogen and oxygen atoms in total. The summed E-state index contributed by atoms with van der Waals surface area (Å²) >= 11 is 0. The maximum absolute atomic E-state index is 14.9. The number of likely N-dealkylation sites (N-methyl/N-ethyl adjacent to an activating group) is 1. The van der Waals surface area contributed by atoms with Gasteiger partial charge in [0.25, 0.3) is 0 Å². The summed E-state index contributed by atoms with van der Waals surface area (Å²) in [4.78, 5) is 20.2. The Morgan fingerprint density at radius 3 is 2.59 bits per heavy atom. The fourth-order valence-corrected chi connectivity index (χ4v) is 5.74. The first-order valence-electron chi connectivity index (χ1n) is 13.2. The number of halogens is 1. The molecule has 0 radical (unpaired) electrons. The van der Waals surface area contributed by atoms with Crippen LogP contribution in [0.3, 0.4) is 0 Å². The number of pyridine rings is 1. The Bertz CT molecular complexity index is 1260. The molecule has 1 aromatic carbocycles. The van der Waals surface area contributed by atoms with Crippen LogP contribution in [-0.2, 0) is 18.4 Å². The number of hydrogen-bond donors (Lipinski definition) is 0. The van der Waals surface area contributed by atoms with E-state index in [2.05, 4.69) is 42.1 Å². The first-order chi connectivity index (χ1) is 17.9. The lowest BCUT2D eigenvalue weighted by molar-refractivity contribution is -0.665. The van der Waals surface area contributed by atoms with Gasteiger partial charge in [-0.25, -0.2) is 18.5 Å². The van der Waals surface area contributed by atoms with Crippen molar-refractivity contribution in [2.45, 2.75) is 44.6 Å². The zero-order chi connectivity index (χ0) is 26.0. The minimum absolute atomic E-state index is 0.0346. The maximum atomic E-state index is 14.9. The Kier molecular flexibility index (Phi) is 7.24. The second-order valence-electron chi connectivity index (χ2n) is 10.5. The number of aryl methyl sites for hydroxylation is 1. The molecule has 2 fully saturated rings. The first kappa shape index (κ1) is 25.3. The predicted molar refractivity (Wildman–Crippen MR) is 139 cm³/mol. The molecule has 196 valence electrons. The van der Waals surface area contributed by atoms with Gasteiger partial charge in [0.05, 0.1) is 38.9 Å². The Labute approximate surface area is 217 Å². The number of carbonyl (C=O) groups excluding carboxylic acids is 1. The number of methoxy groups -OCH3 is 1. The van der Waals surface area contributed by atoms with Crippen LogP contribution in [0.2, 0.25) is 0 Å². The third-order valence-electron chi connectivity index (χ3n) is 8.03. The van der Waals surface area contributed by atoms with Crippen molar-refractivity contribution in [3.8, 4) is 17.1 Å². The van der Waals surface area contributed by atoms with Crippen LogP contribution < -0.4 is 13.8 Å². The highest BCUT2D eigenvalue weighted by Gasteiger charge is 2.38. The molecule has 1 aliphatic heterocycles. The highest BCUT2D eigenvalue weighted by molar-refractivity contribution is 5.76. The van der Waals surface area contributed by atoms with E-state index in [1.165, 1.54) is 25.4 Å². The van der Waals surface area contributed by atoms with E-state index in [1.807, 2.05) is 11.0 Å². The molecular weight excluding hydrogens is 471 g/mol. The van der Waals surface area contributed by atoms with Gasteiger partial charge in [-0.1, -0.05) is 19.3 Å². The van der Waals surface area contributed by atoms with Gasteiger partial charge in [0.15, 0.2) is 12.0 Å². The monoisotopic (exact) mass is 508 g/mol. The average Bonchev–Trinajstić information content (AvgIpc) is 3.32. The zero-order valence-corrected chi connectivity index (χ0v) is 22.1. The lowest BCUT2D eigenvalue weighted by Gasteiger charge is -2.38. The summed E-state index contributed by atoms with van der Waals surface area (Å²) in [5.74, 6) is 2.65. The molecule has 0 unspecified atom stereocenters. The molecule has 1 saturated heterocycles. The third-order valence-corrected chi connectivity index (χ3v) is 8.03. The number of amides is 1. The van der Waals surface area contributed by atoms with Crippen molar-refractivity contribution in [1.29, 1.82) is 0 Å². The van der Waals surface area contributed by atoms with E-state index in [0.29, 0.717) is 30.2 Å². The molecule has 2 aliphatic rings. The van der Waals surface area contributed by atoms with Crippen molar-refractivity contribution >= 4 is 11.7 Å². The van der Waals surface area contributed by atoms with Crippen LogP contribution in [0.1, 0.15) is 43.8 Å². The van der Waals surface area contributed by atoms with Gasteiger partial charge in [-0.05, 0) is 31.0 Å². The second kappa shape index (κ2) is 10.6. The number of hydrogen-bond acceptors (Lipinski definition) is 4. The number of benzene rings is 1. The third kappa shape index (κ3) is 5.23. The lowest BCUT2D eigenvalue weighted by atomic mass is 9.88. The normalized spacial score (nSPS) is 18.1.